The van der Waals surface area contributed by atoms with Crippen LogP contribution in [0.15, 0.2) is 82.6 Å². The molecule has 0 aliphatic rings. The molecule has 8 nitrogen and oxygen atoms in total. The highest BCUT2D eigenvalue weighted by Gasteiger charge is 2.34. The number of hydrogen-bond acceptors (Lipinski definition) is 6. The quantitative estimate of drug-likeness (QED) is 0.154. The van der Waals surface area contributed by atoms with Gasteiger partial charge in [0, 0.05) is 18.0 Å². The van der Waals surface area contributed by atoms with E-state index in [4.69, 9.17) is 4.74 Å². The summed E-state index contributed by atoms with van der Waals surface area (Å²) in [6, 6.07) is 20.3. The van der Waals surface area contributed by atoms with Crippen LogP contribution in [0.4, 0.5) is 5.69 Å². The third-order valence-electron chi connectivity index (χ3n) is 7.18. The number of para-hydroxylation sites is 2. The Kier molecular flexibility index (Phi) is 12.9. The lowest BCUT2D eigenvalue weighted by Crippen LogP contribution is -2.52. The summed E-state index contributed by atoms with van der Waals surface area (Å²) in [5, 5.41) is 2.96. The van der Waals surface area contributed by atoms with Crippen molar-refractivity contribution in [2.75, 3.05) is 30.3 Å². The smallest absolute Gasteiger partial charge is 0.264 e. The van der Waals surface area contributed by atoms with Gasteiger partial charge < -0.3 is 15.0 Å². The second-order valence-corrected chi connectivity index (χ2v) is 12.8. The van der Waals surface area contributed by atoms with Gasteiger partial charge in [-0.2, -0.15) is 0 Å². The molecule has 0 saturated heterocycles. The maximum atomic E-state index is 14.3. The number of nitrogens with zero attached hydrogens (tertiary/aromatic N) is 2. The third kappa shape index (κ3) is 8.76. The predicted molar refractivity (Wildman–Crippen MR) is 174 cm³/mol. The van der Waals surface area contributed by atoms with Crippen molar-refractivity contribution in [1.82, 2.24) is 10.2 Å². The number of unbranched alkanes of at least 4 members (excludes halogenated alkanes) is 1. The van der Waals surface area contributed by atoms with E-state index in [9.17, 15) is 18.0 Å². The van der Waals surface area contributed by atoms with Crippen LogP contribution in [0.1, 0.15) is 51.2 Å². The second-order valence-electron chi connectivity index (χ2n) is 10.1. The monoisotopic (exact) mass is 625 g/mol. The fourth-order valence-electron chi connectivity index (χ4n) is 4.73. The van der Waals surface area contributed by atoms with E-state index in [0.717, 1.165) is 33.2 Å². The first kappa shape index (κ1) is 34.0. The topological polar surface area (TPSA) is 96.0 Å². The summed E-state index contributed by atoms with van der Waals surface area (Å²) in [6.45, 7) is 8.14. The van der Waals surface area contributed by atoms with E-state index in [2.05, 4.69) is 5.32 Å². The number of amides is 2. The molecule has 0 heterocycles. The lowest BCUT2D eigenvalue weighted by molar-refractivity contribution is -0.140. The van der Waals surface area contributed by atoms with Crippen molar-refractivity contribution in [3.05, 3.63) is 83.9 Å². The highest BCUT2D eigenvalue weighted by Crippen LogP contribution is 2.33. The maximum absolute atomic E-state index is 14.3. The summed E-state index contributed by atoms with van der Waals surface area (Å²) in [6.07, 6.45) is 4.03. The van der Waals surface area contributed by atoms with Crippen LogP contribution >= 0.6 is 11.8 Å². The van der Waals surface area contributed by atoms with Crippen LogP contribution in [0.3, 0.4) is 0 Å². The first-order valence-electron chi connectivity index (χ1n) is 14.7. The number of rotatable bonds is 16. The number of hydrogen-bond donors (Lipinski definition) is 1. The van der Waals surface area contributed by atoms with E-state index in [1.807, 2.05) is 58.2 Å². The van der Waals surface area contributed by atoms with Crippen LogP contribution in [0.25, 0.3) is 0 Å². The third-order valence-corrected chi connectivity index (χ3v) is 9.70. The van der Waals surface area contributed by atoms with Gasteiger partial charge in [0.2, 0.25) is 11.8 Å². The minimum atomic E-state index is -4.20. The Labute approximate surface area is 260 Å². The van der Waals surface area contributed by atoms with Gasteiger partial charge in [-0.15, -0.1) is 11.8 Å². The van der Waals surface area contributed by atoms with Gasteiger partial charge in [0.25, 0.3) is 10.0 Å². The number of anilines is 1. The van der Waals surface area contributed by atoms with Gasteiger partial charge in [-0.1, -0.05) is 56.7 Å². The van der Waals surface area contributed by atoms with Crippen LogP contribution in [-0.2, 0) is 26.2 Å². The summed E-state index contributed by atoms with van der Waals surface area (Å²) >= 11 is 1.51. The largest absolute Gasteiger partial charge is 0.492 e. The van der Waals surface area contributed by atoms with Crippen molar-refractivity contribution in [2.45, 2.75) is 69.3 Å². The molecule has 1 N–H and O–H groups in total. The highest BCUT2D eigenvalue weighted by atomic mass is 32.2. The molecule has 232 valence electrons. The van der Waals surface area contributed by atoms with Crippen molar-refractivity contribution in [2.24, 2.45) is 0 Å². The minimum Gasteiger partial charge on any atom is -0.492 e. The molecule has 0 aliphatic carbocycles. The van der Waals surface area contributed by atoms with Crippen molar-refractivity contribution in [3.63, 3.8) is 0 Å². The van der Waals surface area contributed by atoms with Gasteiger partial charge >= 0.3 is 0 Å². The summed E-state index contributed by atoms with van der Waals surface area (Å²) in [4.78, 5) is 30.2. The second kappa shape index (κ2) is 16.4. The van der Waals surface area contributed by atoms with Crippen LogP contribution in [0.5, 0.6) is 5.75 Å². The Morgan fingerprint density at radius 1 is 0.953 bits per heavy atom. The summed E-state index contributed by atoms with van der Waals surface area (Å²) in [7, 11) is -4.20. The molecule has 3 aromatic rings. The number of benzene rings is 3. The molecule has 0 radical (unpaired) electrons. The highest BCUT2D eigenvalue weighted by molar-refractivity contribution is 7.98. The minimum absolute atomic E-state index is 0.0548. The molecule has 2 amide bonds. The molecule has 0 spiro atoms. The van der Waals surface area contributed by atoms with Crippen molar-refractivity contribution < 1.29 is 22.7 Å². The standard InChI is InChI=1S/C33H43N3O5S2/c1-6-9-22-34-33(38)29(7-2)35(23-26-15-11-10-14-25(26)4)32(37)24-36(30-16-12-13-17-31(30)41-8-3)43(39,40)28-20-18-27(42-5)19-21-28/h10-21,29H,6-9,22-24H2,1-5H3,(H,34,38). The predicted octanol–water partition coefficient (Wildman–Crippen LogP) is 6.03. The van der Waals surface area contributed by atoms with Gasteiger partial charge in [-0.25, -0.2) is 8.42 Å². The van der Waals surface area contributed by atoms with E-state index in [0.29, 0.717) is 25.3 Å². The Bertz CT molecular complexity index is 1460. The number of nitrogens with one attached hydrogen (secondary N) is 1. The van der Waals surface area contributed by atoms with Gasteiger partial charge in [-0.3, -0.25) is 13.9 Å². The fourth-order valence-corrected chi connectivity index (χ4v) is 6.56. The number of carbonyl (C=O) groups excluding carboxylic acids is 2. The zero-order valence-electron chi connectivity index (χ0n) is 25.7. The van der Waals surface area contributed by atoms with Crippen LogP contribution in [0.2, 0.25) is 0 Å². The Balaban J connectivity index is 2.10. The maximum Gasteiger partial charge on any atom is 0.264 e. The fraction of sp³-hybridized carbons (Fsp3) is 0.394. The zero-order valence-corrected chi connectivity index (χ0v) is 27.3. The number of aryl methyl sites for hydroxylation is 1. The normalized spacial score (nSPS) is 11.9. The number of thioether (sulfide) groups is 1. The molecule has 10 heteroatoms. The van der Waals surface area contributed by atoms with E-state index in [1.165, 1.54) is 16.7 Å². The molecule has 0 saturated carbocycles. The van der Waals surface area contributed by atoms with Crippen LogP contribution < -0.4 is 14.4 Å². The summed E-state index contributed by atoms with van der Waals surface area (Å²) < 4.78 is 35.3. The first-order valence-corrected chi connectivity index (χ1v) is 17.3. The van der Waals surface area contributed by atoms with E-state index >= 15 is 0 Å². The van der Waals surface area contributed by atoms with Crippen LogP contribution in [0, 0.1) is 6.92 Å². The van der Waals surface area contributed by atoms with E-state index in [1.54, 1.807) is 48.5 Å². The van der Waals surface area contributed by atoms with E-state index in [-0.39, 0.29) is 23.0 Å². The molecular formula is C33H43N3O5S2. The SMILES string of the molecule is CCCCNC(=O)C(CC)N(Cc1ccccc1C)C(=O)CN(c1ccccc1OCC)S(=O)(=O)c1ccc(SC)cc1. The van der Waals surface area contributed by atoms with Gasteiger partial charge in [-0.05, 0) is 80.5 Å². The van der Waals surface area contributed by atoms with Crippen molar-refractivity contribution in [1.29, 1.82) is 0 Å². The average Bonchev–Trinajstić information content (AvgIpc) is 3.01. The molecule has 0 aliphatic heterocycles. The Morgan fingerprint density at radius 2 is 1.63 bits per heavy atom. The average molecular weight is 626 g/mol. The Morgan fingerprint density at radius 3 is 2.26 bits per heavy atom. The number of sulfonamides is 1. The summed E-state index contributed by atoms with van der Waals surface area (Å²) in [5.41, 5.74) is 2.11. The molecule has 43 heavy (non-hydrogen) atoms. The Hall–Kier alpha value is -3.50. The lowest BCUT2D eigenvalue weighted by atomic mass is 10.1. The van der Waals surface area contributed by atoms with Crippen LogP contribution in [-0.4, -0.2) is 57.1 Å². The molecule has 3 aromatic carbocycles. The molecular weight excluding hydrogens is 583 g/mol. The molecule has 1 atom stereocenters. The number of ether oxygens (including phenoxy) is 1. The van der Waals surface area contributed by atoms with Crippen molar-refractivity contribution >= 4 is 39.3 Å². The van der Waals surface area contributed by atoms with Gasteiger partial charge in [0.05, 0.1) is 17.2 Å². The molecule has 0 bridgehead atoms. The lowest BCUT2D eigenvalue weighted by Gasteiger charge is -2.34. The van der Waals surface area contributed by atoms with E-state index < -0.39 is 28.5 Å². The summed E-state index contributed by atoms with van der Waals surface area (Å²) in [5.74, 6) is -0.400. The number of carbonyl (C=O) groups is 2. The molecule has 0 aromatic heterocycles. The van der Waals surface area contributed by atoms with Crippen molar-refractivity contribution in [3.8, 4) is 5.75 Å². The van der Waals surface area contributed by atoms with Gasteiger partial charge in [0.15, 0.2) is 0 Å². The first-order chi connectivity index (χ1) is 20.7. The molecule has 3 rings (SSSR count). The van der Waals surface area contributed by atoms with Gasteiger partial charge in [0.1, 0.15) is 18.3 Å². The zero-order chi connectivity index (χ0) is 31.4. The molecule has 1 unspecified atom stereocenters. The molecule has 0 fully saturated rings.